The Labute approximate surface area is 146 Å². The zero-order valence-corrected chi connectivity index (χ0v) is 14.2. The number of aromatic nitrogens is 1. The fourth-order valence-corrected chi connectivity index (χ4v) is 2.71. The van der Waals surface area contributed by atoms with Crippen LogP contribution >= 0.6 is 0 Å². The molecule has 1 aliphatic heterocycles. The lowest BCUT2D eigenvalue weighted by molar-refractivity contribution is -0.135. The molecule has 0 unspecified atom stereocenters. The van der Waals surface area contributed by atoms with Gasteiger partial charge in [0.15, 0.2) is 6.61 Å². The highest BCUT2D eigenvalue weighted by molar-refractivity contribution is 5.77. The Kier molecular flexibility index (Phi) is 5.48. The molecule has 0 spiro atoms. The highest BCUT2D eigenvalue weighted by Gasteiger charge is 2.24. The number of hydrogen-bond acceptors (Lipinski definition) is 4. The quantitative estimate of drug-likeness (QED) is 0.837. The molecule has 1 aromatic carbocycles. The number of halogens is 1. The summed E-state index contributed by atoms with van der Waals surface area (Å²) in [7, 11) is 0. The highest BCUT2D eigenvalue weighted by atomic mass is 19.1. The number of likely N-dealkylation sites (tertiary alicyclic amines) is 1. The molecule has 2 heterocycles. The molecule has 1 amide bonds. The van der Waals surface area contributed by atoms with Crippen LogP contribution in [0.1, 0.15) is 18.5 Å². The second kappa shape index (κ2) is 7.96. The van der Waals surface area contributed by atoms with Crippen LogP contribution in [0.25, 0.3) is 0 Å². The van der Waals surface area contributed by atoms with Gasteiger partial charge >= 0.3 is 0 Å². The number of piperidine rings is 1. The summed E-state index contributed by atoms with van der Waals surface area (Å²) < 4.78 is 24.2. The molecular formula is C19H21FN2O3. The number of nitrogens with zero attached hydrogens (tertiary/aromatic N) is 2. The number of rotatable bonds is 5. The molecule has 0 N–H and O–H groups in total. The van der Waals surface area contributed by atoms with Crippen LogP contribution in [0.5, 0.6) is 11.5 Å². The molecule has 0 radical (unpaired) electrons. The standard InChI is InChI=1S/C19H21FN2O3/c1-14-2-5-18(12-21-14)25-17-8-10-22(11-9-17)19(23)13-24-16-6-3-15(20)4-7-16/h2-7,12,17H,8-11,13H2,1H3. The molecule has 25 heavy (non-hydrogen) atoms. The van der Waals surface area contributed by atoms with Crippen molar-refractivity contribution in [2.45, 2.75) is 25.9 Å². The summed E-state index contributed by atoms with van der Waals surface area (Å²) in [5.41, 5.74) is 0.953. The minimum absolute atomic E-state index is 0.0426. The summed E-state index contributed by atoms with van der Waals surface area (Å²) in [4.78, 5) is 18.2. The van der Waals surface area contributed by atoms with Crippen LogP contribution in [0.4, 0.5) is 4.39 Å². The number of hydrogen-bond donors (Lipinski definition) is 0. The van der Waals surface area contributed by atoms with Crippen molar-refractivity contribution >= 4 is 5.91 Å². The van der Waals surface area contributed by atoms with Crippen molar-refractivity contribution < 1.29 is 18.7 Å². The molecule has 1 aliphatic rings. The number of pyridine rings is 1. The first-order valence-corrected chi connectivity index (χ1v) is 8.35. The topological polar surface area (TPSA) is 51.7 Å². The maximum absolute atomic E-state index is 12.8. The number of carbonyl (C=O) groups is 1. The molecule has 0 bridgehead atoms. The van der Waals surface area contributed by atoms with E-state index in [4.69, 9.17) is 9.47 Å². The second-order valence-electron chi connectivity index (χ2n) is 6.08. The molecule has 132 valence electrons. The largest absolute Gasteiger partial charge is 0.489 e. The van der Waals surface area contributed by atoms with Gasteiger partial charge in [-0.15, -0.1) is 0 Å². The monoisotopic (exact) mass is 344 g/mol. The molecule has 3 rings (SSSR count). The van der Waals surface area contributed by atoms with Crippen LogP contribution in [0, 0.1) is 12.7 Å². The van der Waals surface area contributed by atoms with Crippen LogP contribution in [-0.4, -0.2) is 41.6 Å². The number of carbonyl (C=O) groups excluding carboxylic acids is 1. The van der Waals surface area contributed by atoms with E-state index in [1.807, 2.05) is 19.1 Å². The van der Waals surface area contributed by atoms with E-state index in [9.17, 15) is 9.18 Å². The molecule has 6 heteroatoms. The maximum Gasteiger partial charge on any atom is 0.260 e. The van der Waals surface area contributed by atoms with Gasteiger partial charge in [-0.2, -0.15) is 0 Å². The maximum atomic E-state index is 12.8. The second-order valence-corrected chi connectivity index (χ2v) is 6.08. The van der Waals surface area contributed by atoms with E-state index in [2.05, 4.69) is 4.98 Å². The molecule has 2 aromatic rings. The lowest BCUT2D eigenvalue weighted by Crippen LogP contribution is -2.43. The van der Waals surface area contributed by atoms with Gasteiger partial charge in [-0.1, -0.05) is 0 Å². The van der Waals surface area contributed by atoms with Crippen LogP contribution in [0.15, 0.2) is 42.6 Å². The first kappa shape index (κ1) is 17.2. The van der Waals surface area contributed by atoms with E-state index >= 15 is 0 Å². The average Bonchev–Trinajstić information content (AvgIpc) is 2.63. The van der Waals surface area contributed by atoms with Gasteiger partial charge < -0.3 is 14.4 Å². The van der Waals surface area contributed by atoms with Crippen molar-refractivity contribution in [2.75, 3.05) is 19.7 Å². The van der Waals surface area contributed by atoms with Crippen LogP contribution in [0.2, 0.25) is 0 Å². The Bertz CT molecular complexity index is 696. The van der Waals surface area contributed by atoms with Crippen molar-refractivity contribution in [1.29, 1.82) is 0 Å². The van der Waals surface area contributed by atoms with E-state index in [0.29, 0.717) is 18.8 Å². The van der Waals surface area contributed by atoms with Gasteiger partial charge in [0.05, 0.1) is 6.20 Å². The molecule has 1 fully saturated rings. The van der Waals surface area contributed by atoms with Crippen molar-refractivity contribution in [3.8, 4) is 11.5 Å². The first-order chi connectivity index (χ1) is 12.1. The fraction of sp³-hybridized carbons (Fsp3) is 0.368. The van der Waals surface area contributed by atoms with Crippen molar-refractivity contribution in [3.63, 3.8) is 0 Å². The number of aryl methyl sites for hydroxylation is 1. The molecule has 5 nitrogen and oxygen atoms in total. The van der Waals surface area contributed by atoms with E-state index in [0.717, 1.165) is 24.3 Å². The zero-order valence-electron chi connectivity index (χ0n) is 14.2. The zero-order chi connectivity index (χ0) is 17.6. The minimum atomic E-state index is -0.329. The van der Waals surface area contributed by atoms with Crippen LogP contribution in [0.3, 0.4) is 0 Å². The SMILES string of the molecule is Cc1ccc(OC2CCN(C(=O)COc3ccc(F)cc3)CC2)cn1. The van der Waals surface area contributed by atoms with Crippen molar-refractivity contribution in [3.05, 3.63) is 54.1 Å². The predicted octanol–water partition coefficient (Wildman–Crippen LogP) is 2.98. The Morgan fingerprint density at radius 3 is 2.48 bits per heavy atom. The smallest absolute Gasteiger partial charge is 0.260 e. The summed E-state index contributed by atoms with van der Waals surface area (Å²) in [6.07, 6.45) is 3.36. The van der Waals surface area contributed by atoms with Gasteiger partial charge in [0.25, 0.3) is 5.91 Å². The van der Waals surface area contributed by atoms with E-state index in [1.165, 1.54) is 24.3 Å². The van der Waals surface area contributed by atoms with E-state index in [-0.39, 0.29) is 24.4 Å². The summed E-state index contributed by atoms with van der Waals surface area (Å²) in [5, 5.41) is 0. The van der Waals surface area contributed by atoms with E-state index < -0.39 is 0 Å². The predicted molar refractivity (Wildman–Crippen MR) is 91.1 cm³/mol. The third kappa shape index (κ3) is 4.92. The molecule has 0 aliphatic carbocycles. The lowest BCUT2D eigenvalue weighted by atomic mass is 10.1. The first-order valence-electron chi connectivity index (χ1n) is 8.35. The van der Waals surface area contributed by atoms with Gasteiger partial charge in [-0.25, -0.2) is 4.39 Å². The lowest BCUT2D eigenvalue weighted by Gasteiger charge is -2.32. The summed E-state index contributed by atoms with van der Waals surface area (Å²) >= 11 is 0. The Hall–Kier alpha value is -2.63. The third-order valence-corrected chi connectivity index (χ3v) is 4.16. The fourth-order valence-electron chi connectivity index (χ4n) is 2.71. The average molecular weight is 344 g/mol. The molecular weight excluding hydrogens is 323 g/mol. The Morgan fingerprint density at radius 1 is 1.16 bits per heavy atom. The number of amides is 1. The van der Waals surface area contributed by atoms with Gasteiger partial charge in [0.1, 0.15) is 23.4 Å². The highest BCUT2D eigenvalue weighted by Crippen LogP contribution is 2.19. The van der Waals surface area contributed by atoms with Crippen LogP contribution < -0.4 is 9.47 Å². The Balaban J connectivity index is 1.42. The molecule has 0 saturated carbocycles. The van der Waals surface area contributed by atoms with E-state index in [1.54, 1.807) is 11.1 Å². The normalized spacial score (nSPS) is 15.0. The summed E-state index contributed by atoms with van der Waals surface area (Å²) in [5.74, 6) is 0.846. The van der Waals surface area contributed by atoms with Crippen molar-refractivity contribution in [2.24, 2.45) is 0 Å². The Morgan fingerprint density at radius 2 is 1.84 bits per heavy atom. The summed E-state index contributed by atoms with van der Waals surface area (Å²) in [6, 6.07) is 9.47. The number of benzene rings is 1. The molecule has 1 saturated heterocycles. The van der Waals surface area contributed by atoms with Gasteiger partial charge in [-0.3, -0.25) is 9.78 Å². The van der Waals surface area contributed by atoms with Gasteiger partial charge in [0, 0.05) is 31.6 Å². The minimum Gasteiger partial charge on any atom is -0.489 e. The van der Waals surface area contributed by atoms with Gasteiger partial charge in [0.2, 0.25) is 0 Å². The number of ether oxygens (including phenoxy) is 2. The van der Waals surface area contributed by atoms with Crippen molar-refractivity contribution in [1.82, 2.24) is 9.88 Å². The third-order valence-electron chi connectivity index (χ3n) is 4.16. The van der Waals surface area contributed by atoms with Crippen LogP contribution in [-0.2, 0) is 4.79 Å². The molecule has 1 aromatic heterocycles. The summed E-state index contributed by atoms with van der Waals surface area (Å²) in [6.45, 7) is 3.16. The molecule has 0 atom stereocenters. The van der Waals surface area contributed by atoms with Gasteiger partial charge in [-0.05, 0) is 43.3 Å².